The van der Waals surface area contributed by atoms with Crippen LogP contribution in [0.2, 0.25) is 0 Å². The average Bonchev–Trinajstić information content (AvgIpc) is 3.44. The number of hydrogen-bond donors (Lipinski definition) is 0. The van der Waals surface area contributed by atoms with E-state index in [-0.39, 0.29) is 0 Å². The second kappa shape index (κ2) is 9.55. The maximum Gasteiger partial charge on any atom is 0.179 e. The van der Waals surface area contributed by atoms with Gasteiger partial charge in [0.15, 0.2) is 5.82 Å². The Kier molecular flexibility index (Phi) is 5.37. The smallest absolute Gasteiger partial charge is 0.179 e. The molecule has 3 nitrogen and oxygen atoms in total. The predicted octanol–water partition coefficient (Wildman–Crippen LogP) is 10.7. The number of thiophene rings is 1. The van der Waals surface area contributed by atoms with Crippen molar-refractivity contribution in [2.75, 3.05) is 0 Å². The molecule has 0 aliphatic heterocycles. The molecule has 9 aromatic rings. The summed E-state index contributed by atoms with van der Waals surface area (Å²) in [5, 5.41) is 6.94. The third-order valence-electron chi connectivity index (χ3n) is 8.26. The maximum atomic E-state index is 5.28. The van der Waals surface area contributed by atoms with Gasteiger partial charge >= 0.3 is 0 Å². The van der Waals surface area contributed by atoms with Crippen molar-refractivity contribution < 1.29 is 0 Å². The highest BCUT2D eigenvalue weighted by atomic mass is 32.1. The Morgan fingerprint density at radius 3 is 1.93 bits per heavy atom. The first kappa shape index (κ1) is 24.2. The molecule has 4 heteroatoms. The van der Waals surface area contributed by atoms with Gasteiger partial charge in [0, 0.05) is 41.9 Å². The van der Waals surface area contributed by atoms with Crippen LogP contribution in [0.25, 0.3) is 86.7 Å². The highest BCUT2D eigenvalue weighted by Gasteiger charge is 2.18. The van der Waals surface area contributed by atoms with Gasteiger partial charge < -0.3 is 0 Å². The molecular formula is C39H23N3S. The van der Waals surface area contributed by atoms with Gasteiger partial charge in [-0.15, -0.1) is 11.3 Å². The third kappa shape index (κ3) is 3.92. The van der Waals surface area contributed by atoms with E-state index in [1.54, 1.807) is 0 Å². The van der Waals surface area contributed by atoms with E-state index in [0.717, 1.165) is 55.1 Å². The first-order valence-corrected chi connectivity index (χ1v) is 15.2. The molecule has 0 spiro atoms. The van der Waals surface area contributed by atoms with Crippen LogP contribution >= 0.6 is 11.3 Å². The summed E-state index contributed by atoms with van der Waals surface area (Å²) < 4.78 is 2.53. The first-order chi connectivity index (χ1) is 21.3. The molecule has 0 aliphatic rings. The Morgan fingerprint density at radius 1 is 0.349 bits per heavy atom. The Morgan fingerprint density at radius 2 is 1.05 bits per heavy atom. The van der Waals surface area contributed by atoms with E-state index >= 15 is 0 Å². The monoisotopic (exact) mass is 565 g/mol. The van der Waals surface area contributed by atoms with Crippen LogP contribution in [0.1, 0.15) is 0 Å². The van der Waals surface area contributed by atoms with Crippen LogP contribution in [-0.2, 0) is 0 Å². The number of para-hydroxylation sites is 1. The first-order valence-electron chi connectivity index (χ1n) is 14.4. The van der Waals surface area contributed by atoms with E-state index in [4.69, 9.17) is 15.0 Å². The number of aromatic nitrogens is 3. The standard InChI is InChI=1S/C39H23N3S/c1-2-11-24(12-3-1)25-13-10-14-26(21-25)37-30-18-6-8-19-33(30)41-39(42-37)38-29-17-5-4-15-27(29)31-22-32-28-16-7-9-20-35(28)43-36(32)23-34(31)40-38/h1-23H. The lowest BCUT2D eigenvalue weighted by molar-refractivity contribution is 1.20. The van der Waals surface area contributed by atoms with Crippen LogP contribution in [0, 0.1) is 0 Å². The molecular weight excluding hydrogens is 543 g/mol. The molecule has 43 heavy (non-hydrogen) atoms. The molecule has 0 unspecified atom stereocenters. The number of pyridine rings is 1. The molecule has 3 heterocycles. The molecule has 3 aromatic heterocycles. The van der Waals surface area contributed by atoms with Crippen molar-refractivity contribution in [1.82, 2.24) is 15.0 Å². The minimum atomic E-state index is 0.633. The molecule has 0 saturated carbocycles. The summed E-state index contributed by atoms with van der Waals surface area (Å²) in [6.07, 6.45) is 0. The van der Waals surface area contributed by atoms with Gasteiger partial charge in [-0.3, -0.25) is 0 Å². The zero-order chi connectivity index (χ0) is 28.3. The topological polar surface area (TPSA) is 38.7 Å². The second-order valence-corrected chi connectivity index (χ2v) is 11.9. The van der Waals surface area contributed by atoms with Crippen LogP contribution in [0.4, 0.5) is 0 Å². The van der Waals surface area contributed by atoms with Gasteiger partial charge in [-0.25, -0.2) is 15.0 Å². The molecule has 0 fully saturated rings. The quantitative estimate of drug-likeness (QED) is 0.200. The van der Waals surface area contributed by atoms with E-state index in [0.29, 0.717) is 5.82 Å². The van der Waals surface area contributed by atoms with E-state index in [2.05, 4.69) is 127 Å². The van der Waals surface area contributed by atoms with Crippen LogP contribution < -0.4 is 0 Å². The number of benzene rings is 6. The van der Waals surface area contributed by atoms with Gasteiger partial charge in [0.25, 0.3) is 0 Å². The fourth-order valence-corrected chi connectivity index (χ4v) is 7.34. The van der Waals surface area contributed by atoms with Crippen molar-refractivity contribution in [3.8, 4) is 33.9 Å². The molecule has 0 atom stereocenters. The zero-order valence-electron chi connectivity index (χ0n) is 23.0. The van der Waals surface area contributed by atoms with Crippen LogP contribution in [-0.4, -0.2) is 15.0 Å². The summed E-state index contributed by atoms with van der Waals surface area (Å²) in [5.41, 5.74) is 6.95. The largest absolute Gasteiger partial charge is 0.244 e. The minimum absolute atomic E-state index is 0.633. The lowest BCUT2D eigenvalue weighted by Crippen LogP contribution is -1.98. The van der Waals surface area contributed by atoms with Crippen LogP contribution in [0.3, 0.4) is 0 Å². The Labute approximate surface area is 251 Å². The van der Waals surface area contributed by atoms with Crippen molar-refractivity contribution in [1.29, 1.82) is 0 Å². The summed E-state index contributed by atoms with van der Waals surface area (Å²) >= 11 is 1.81. The van der Waals surface area contributed by atoms with Gasteiger partial charge in [-0.2, -0.15) is 0 Å². The molecule has 0 N–H and O–H groups in total. The Balaban J connectivity index is 1.31. The number of fused-ring (bicyclic) bond motifs is 7. The summed E-state index contributed by atoms with van der Waals surface area (Å²) in [6, 6.07) is 49.0. The van der Waals surface area contributed by atoms with Crippen molar-refractivity contribution >= 4 is 64.1 Å². The van der Waals surface area contributed by atoms with E-state index in [1.807, 2.05) is 23.5 Å². The SMILES string of the molecule is c1ccc(-c2cccc(-c3nc(-c4nc5cc6sc7ccccc7c6cc5c5ccccc45)nc4ccccc34)c2)cc1. The number of nitrogens with zero attached hydrogens (tertiary/aromatic N) is 3. The van der Waals surface area contributed by atoms with Gasteiger partial charge in [-0.05, 0) is 46.8 Å². The third-order valence-corrected chi connectivity index (χ3v) is 9.39. The fourth-order valence-electron chi connectivity index (χ4n) is 6.22. The van der Waals surface area contributed by atoms with Gasteiger partial charge in [0.05, 0.1) is 16.7 Å². The maximum absolute atomic E-state index is 5.28. The number of rotatable bonds is 3. The van der Waals surface area contributed by atoms with Crippen LogP contribution in [0.5, 0.6) is 0 Å². The Hall–Kier alpha value is -5.45. The molecule has 0 amide bonds. The van der Waals surface area contributed by atoms with Gasteiger partial charge in [0.2, 0.25) is 0 Å². The molecule has 200 valence electrons. The second-order valence-electron chi connectivity index (χ2n) is 10.8. The molecule has 0 saturated heterocycles. The minimum Gasteiger partial charge on any atom is -0.244 e. The highest BCUT2D eigenvalue weighted by Crippen LogP contribution is 2.40. The summed E-state index contributed by atoms with van der Waals surface area (Å²) in [6.45, 7) is 0. The summed E-state index contributed by atoms with van der Waals surface area (Å²) in [5.74, 6) is 0.633. The summed E-state index contributed by atoms with van der Waals surface area (Å²) in [4.78, 5) is 15.6. The molecule has 0 aliphatic carbocycles. The average molecular weight is 566 g/mol. The molecule has 0 bridgehead atoms. The normalized spacial score (nSPS) is 11.7. The Bertz CT molecular complexity index is 2510. The van der Waals surface area contributed by atoms with Gasteiger partial charge in [-0.1, -0.05) is 109 Å². The van der Waals surface area contributed by atoms with Crippen molar-refractivity contribution in [2.24, 2.45) is 0 Å². The molecule has 6 aromatic carbocycles. The van der Waals surface area contributed by atoms with Crippen LogP contribution in [0.15, 0.2) is 140 Å². The number of hydrogen-bond acceptors (Lipinski definition) is 4. The van der Waals surface area contributed by atoms with Gasteiger partial charge in [0.1, 0.15) is 5.69 Å². The summed E-state index contributed by atoms with van der Waals surface area (Å²) in [7, 11) is 0. The fraction of sp³-hybridized carbons (Fsp3) is 0. The lowest BCUT2D eigenvalue weighted by atomic mass is 9.99. The van der Waals surface area contributed by atoms with E-state index < -0.39 is 0 Å². The zero-order valence-corrected chi connectivity index (χ0v) is 23.8. The lowest BCUT2D eigenvalue weighted by Gasteiger charge is -2.13. The molecule has 0 radical (unpaired) electrons. The van der Waals surface area contributed by atoms with Crippen molar-refractivity contribution in [3.05, 3.63) is 140 Å². The van der Waals surface area contributed by atoms with E-state index in [9.17, 15) is 0 Å². The molecule has 9 rings (SSSR count). The highest BCUT2D eigenvalue weighted by molar-refractivity contribution is 7.25. The van der Waals surface area contributed by atoms with E-state index in [1.165, 1.54) is 25.7 Å². The predicted molar refractivity (Wildman–Crippen MR) is 182 cm³/mol. The van der Waals surface area contributed by atoms with Crippen molar-refractivity contribution in [2.45, 2.75) is 0 Å². The van der Waals surface area contributed by atoms with Crippen molar-refractivity contribution in [3.63, 3.8) is 0 Å².